The first-order valence-corrected chi connectivity index (χ1v) is 3.55. The molecule has 1 atom stereocenters. The van der Waals surface area contributed by atoms with E-state index in [0.717, 1.165) is 0 Å². The Morgan fingerprint density at radius 3 is 2.42 bits per heavy atom. The van der Waals surface area contributed by atoms with E-state index in [9.17, 15) is 13.6 Å². The van der Waals surface area contributed by atoms with E-state index in [1.807, 2.05) is 0 Å². The fourth-order valence-corrected chi connectivity index (χ4v) is 0.727. The predicted molar refractivity (Wildman–Crippen MR) is 37.5 cm³/mol. The van der Waals surface area contributed by atoms with Gasteiger partial charge < -0.3 is 16.6 Å². The van der Waals surface area contributed by atoms with E-state index in [1.54, 1.807) is 0 Å². The maximum Gasteiger partial charge on any atom is 0.329 e. The Bertz CT molecular complexity index is 166. The van der Waals surface area contributed by atoms with E-state index >= 15 is 0 Å². The molecule has 72 valence electrons. The number of carboxylic acids is 1. The number of halogens is 2. The van der Waals surface area contributed by atoms with Gasteiger partial charge >= 0.3 is 5.97 Å². The molecule has 0 aromatic rings. The number of carbonyl (C=O) groups is 1. The Hall–Kier alpha value is -0.750. The zero-order valence-electron chi connectivity index (χ0n) is 6.59. The van der Waals surface area contributed by atoms with Crippen molar-refractivity contribution in [3.63, 3.8) is 0 Å². The molecule has 12 heavy (non-hydrogen) atoms. The molecule has 6 N–H and O–H groups in total. The summed E-state index contributed by atoms with van der Waals surface area (Å²) < 4.78 is 24.3. The van der Waals surface area contributed by atoms with Crippen molar-refractivity contribution >= 4 is 5.97 Å². The highest BCUT2D eigenvalue weighted by Crippen LogP contribution is 2.18. The minimum Gasteiger partial charge on any atom is -0.480 e. The number of alkyl halides is 2. The first-order chi connectivity index (χ1) is 5.45. The predicted octanol–water partition coefficient (Wildman–Crippen LogP) is -0.944. The highest BCUT2D eigenvalue weighted by molar-refractivity contribution is 5.79. The zero-order valence-corrected chi connectivity index (χ0v) is 6.59. The van der Waals surface area contributed by atoms with Crippen molar-refractivity contribution in [2.24, 2.45) is 5.73 Å². The summed E-state index contributed by atoms with van der Waals surface area (Å²) >= 11 is 0. The molecular formula is C6H13F2N2O2+. The van der Waals surface area contributed by atoms with Crippen LogP contribution >= 0.6 is 0 Å². The summed E-state index contributed by atoms with van der Waals surface area (Å²) in [6.45, 7) is 0.402. The number of hydrogen-bond acceptors (Lipinski definition) is 2. The fourth-order valence-electron chi connectivity index (χ4n) is 0.727. The Kier molecular flexibility index (Phi) is 4.05. The van der Waals surface area contributed by atoms with Crippen molar-refractivity contribution in [2.45, 2.75) is 24.8 Å². The van der Waals surface area contributed by atoms with Crippen LogP contribution in [0.4, 0.5) is 8.78 Å². The topological polar surface area (TPSA) is 91.0 Å². The minimum absolute atomic E-state index is 0.247. The summed E-state index contributed by atoms with van der Waals surface area (Å²) in [5.41, 5.74) is 6.00. The van der Waals surface area contributed by atoms with Crippen molar-refractivity contribution in [2.75, 3.05) is 6.54 Å². The normalized spacial score (nSPS) is 16.1. The molecule has 6 heteroatoms. The lowest BCUT2D eigenvalue weighted by atomic mass is 9.95. The largest absolute Gasteiger partial charge is 0.480 e. The van der Waals surface area contributed by atoms with E-state index in [4.69, 9.17) is 10.8 Å². The number of aliphatic carboxylic acids is 1. The second-order valence-corrected chi connectivity index (χ2v) is 2.60. The monoisotopic (exact) mass is 183 g/mol. The first-order valence-electron chi connectivity index (χ1n) is 3.55. The third-order valence-corrected chi connectivity index (χ3v) is 1.63. The van der Waals surface area contributed by atoms with E-state index in [0.29, 0.717) is 6.54 Å². The summed E-state index contributed by atoms with van der Waals surface area (Å²) in [7, 11) is 0. The molecular weight excluding hydrogens is 170 g/mol. The Morgan fingerprint density at radius 1 is 1.67 bits per heavy atom. The molecule has 0 aliphatic rings. The molecule has 0 saturated heterocycles. The quantitative estimate of drug-likeness (QED) is 0.513. The number of carboxylic acid groups (broad SMARTS) is 1. The summed E-state index contributed by atoms with van der Waals surface area (Å²) in [6, 6.07) is 0. The van der Waals surface area contributed by atoms with Crippen LogP contribution in [0.15, 0.2) is 0 Å². The maximum atomic E-state index is 12.1. The lowest BCUT2D eigenvalue weighted by Gasteiger charge is -2.22. The van der Waals surface area contributed by atoms with Gasteiger partial charge in [-0.2, -0.15) is 0 Å². The van der Waals surface area contributed by atoms with Crippen LogP contribution in [-0.4, -0.2) is 29.6 Å². The average molecular weight is 183 g/mol. The van der Waals surface area contributed by atoms with Crippen LogP contribution in [0.5, 0.6) is 0 Å². The van der Waals surface area contributed by atoms with Gasteiger partial charge in [0, 0.05) is 0 Å². The lowest BCUT2D eigenvalue weighted by Crippen LogP contribution is -2.56. The molecule has 1 unspecified atom stereocenters. The van der Waals surface area contributed by atoms with Gasteiger partial charge in [-0.15, -0.1) is 0 Å². The number of quaternary nitrogens is 1. The van der Waals surface area contributed by atoms with Gasteiger partial charge in [-0.1, -0.05) is 0 Å². The van der Waals surface area contributed by atoms with Gasteiger partial charge in [-0.25, -0.2) is 13.6 Å². The molecule has 0 aliphatic carbocycles. The van der Waals surface area contributed by atoms with Crippen molar-refractivity contribution in [1.82, 2.24) is 0 Å². The van der Waals surface area contributed by atoms with Crippen molar-refractivity contribution in [1.29, 1.82) is 0 Å². The van der Waals surface area contributed by atoms with Gasteiger partial charge in [0.25, 0.3) is 6.43 Å². The number of rotatable bonds is 5. The van der Waals surface area contributed by atoms with Gasteiger partial charge in [-0.3, -0.25) is 0 Å². The molecule has 0 rings (SSSR count). The van der Waals surface area contributed by atoms with Gasteiger partial charge in [0.15, 0.2) is 5.54 Å². The number of hydrogen-bond donors (Lipinski definition) is 3. The van der Waals surface area contributed by atoms with Gasteiger partial charge in [-0.05, 0) is 12.8 Å². The van der Waals surface area contributed by atoms with Crippen LogP contribution < -0.4 is 11.5 Å². The minimum atomic E-state index is -3.04. The third-order valence-electron chi connectivity index (χ3n) is 1.63. The van der Waals surface area contributed by atoms with Gasteiger partial charge in [0.05, 0.1) is 6.54 Å². The van der Waals surface area contributed by atoms with Crippen LogP contribution in [0.1, 0.15) is 12.8 Å². The van der Waals surface area contributed by atoms with E-state index in [-0.39, 0.29) is 12.8 Å². The van der Waals surface area contributed by atoms with Gasteiger partial charge in [0.1, 0.15) is 0 Å². The van der Waals surface area contributed by atoms with Crippen LogP contribution in [0.3, 0.4) is 0 Å². The van der Waals surface area contributed by atoms with Crippen molar-refractivity contribution in [3.8, 4) is 0 Å². The summed E-state index contributed by atoms with van der Waals surface area (Å²) in [5, 5.41) is 8.40. The maximum absolute atomic E-state index is 12.1. The molecule has 0 fully saturated rings. The lowest BCUT2D eigenvalue weighted by molar-refractivity contribution is -0.368. The second-order valence-electron chi connectivity index (χ2n) is 2.60. The molecule has 0 heterocycles. The smallest absolute Gasteiger partial charge is 0.329 e. The van der Waals surface area contributed by atoms with E-state index < -0.39 is 17.9 Å². The van der Waals surface area contributed by atoms with Crippen LogP contribution in [0.2, 0.25) is 0 Å². The summed E-state index contributed by atoms with van der Waals surface area (Å²) in [4.78, 5) is 10.3. The highest BCUT2D eigenvalue weighted by Gasteiger charge is 2.43. The molecule has 0 aromatic heterocycles. The van der Waals surface area contributed by atoms with Crippen molar-refractivity contribution in [3.05, 3.63) is 0 Å². The average Bonchev–Trinajstić information content (AvgIpc) is 1.99. The SMILES string of the molecule is NC(CCC[NH3+])(C(=O)O)C(F)F. The van der Waals surface area contributed by atoms with E-state index in [2.05, 4.69) is 5.73 Å². The molecule has 0 aromatic carbocycles. The highest BCUT2D eigenvalue weighted by atomic mass is 19.3. The molecule has 4 nitrogen and oxygen atoms in total. The standard InChI is InChI=1S/C6H12F2N2O2/c7-4(8)6(10,5(11)12)2-1-3-9/h4H,1-3,9-10H2,(H,11,12)/p+1. The number of nitrogens with two attached hydrogens (primary N) is 1. The Labute approximate surface area is 68.5 Å². The summed E-state index contributed by atoms with van der Waals surface area (Å²) in [6.07, 6.45) is -3.00. The van der Waals surface area contributed by atoms with Crippen LogP contribution in [-0.2, 0) is 4.79 Å². The molecule has 0 aliphatic heterocycles. The van der Waals surface area contributed by atoms with Crippen LogP contribution in [0, 0.1) is 0 Å². The zero-order chi connectivity index (χ0) is 9.78. The molecule has 0 radical (unpaired) electrons. The summed E-state index contributed by atoms with van der Waals surface area (Å²) in [5.74, 6) is -1.66. The first kappa shape index (κ1) is 11.2. The molecule has 0 bridgehead atoms. The second kappa shape index (κ2) is 4.32. The third kappa shape index (κ3) is 2.38. The Morgan fingerprint density at radius 2 is 2.17 bits per heavy atom. The molecule has 0 saturated carbocycles. The molecule has 0 amide bonds. The fraction of sp³-hybridized carbons (Fsp3) is 0.833. The Balaban J connectivity index is 4.29. The molecule has 0 spiro atoms. The van der Waals surface area contributed by atoms with E-state index in [1.165, 1.54) is 0 Å². The van der Waals surface area contributed by atoms with Crippen LogP contribution in [0.25, 0.3) is 0 Å². The van der Waals surface area contributed by atoms with Crippen molar-refractivity contribution < 1.29 is 24.4 Å². The van der Waals surface area contributed by atoms with Gasteiger partial charge in [0.2, 0.25) is 0 Å².